The van der Waals surface area contributed by atoms with Gasteiger partial charge in [-0.15, -0.1) is 0 Å². The molecule has 1 heterocycles. The third kappa shape index (κ3) is 4.81. The van der Waals surface area contributed by atoms with Gasteiger partial charge in [0.05, 0.1) is 30.5 Å². The van der Waals surface area contributed by atoms with Gasteiger partial charge in [0.25, 0.3) is 11.8 Å². The zero-order chi connectivity index (χ0) is 23.3. The van der Waals surface area contributed by atoms with Crippen molar-refractivity contribution in [1.29, 1.82) is 0 Å². The molecule has 3 rings (SSSR count). The molecule has 0 radical (unpaired) electrons. The van der Waals surface area contributed by atoms with Crippen LogP contribution in [0.25, 0.3) is 0 Å². The molecule has 2 amide bonds. The Morgan fingerprint density at radius 1 is 1.00 bits per heavy atom. The molecule has 0 saturated carbocycles. The molecule has 0 atom stereocenters. The molecule has 0 saturated heterocycles. The number of nitrogens with zero attached hydrogens (tertiary/aromatic N) is 1. The third-order valence-electron chi connectivity index (χ3n) is 4.67. The number of ether oxygens (including phenoxy) is 2. The van der Waals surface area contributed by atoms with Crippen LogP contribution in [-0.4, -0.2) is 37.5 Å². The summed E-state index contributed by atoms with van der Waals surface area (Å²) in [4.78, 5) is 50.2. The first-order valence-corrected chi connectivity index (χ1v) is 10.3. The van der Waals surface area contributed by atoms with Gasteiger partial charge in [-0.3, -0.25) is 9.59 Å². The Morgan fingerprint density at radius 3 is 2.38 bits per heavy atom. The Balaban J connectivity index is 1.76. The number of unbranched alkanes of at least 4 members (excludes halogenated alkanes) is 1. The number of hydrogen-bond acceptors (Lipinski definition) is 7. The fourth-order valence-corrected chi connectivity index (χ4v) is 3.18. The number of amides is 2. The van der Waals surface area contributed by atoms with Crippen LogP contribution < -0.4 is 10.2 Å². The molecule has 0 aliphatic carbocycles. The summed E-state index contributed by atoms with van der Waals surface area (Å²) in [6.07, 6.45) is 1.67. The van der Waals surface area contributed by atoms with Gasteiger partial charge in [-0.25, -0.2) is 14.5 Å². The Hall–Kier alpha value is -3.65. The summed E-state index contributed by atoms with van der Waals surface area (Å²) in [5, 5.41) is 2.51. The highest BCUT2D eigenvalue weighted by Gasteiger charge is 2.39. The van der Waals surface area contributed by atoms with Gasteiger partial charge < -0.3 is 14.8 Å². The quantitative estimate of drug-likeness (QED) is 0.365. The van der Waals surface area contributed by atoms with E-state index in [1.807, 2.05) is 6.92 Å². The number of hydrogen-bond donors (Lipinski definition) is 1. The van der Waals surface area contributed by atoms with E-state index in [0.29, 0.717) is 17.9 Å². The van der Waals surface area contributed by atoms with Gasteiger partial charge >= 0.3 is 11.9 Å². The van der Waals surface area contributed by atoms with Crippen molar-refractivity contribution in [3.63, 3.8) is 0 Å². The maximum absolute atomic E-state index is 12.9. The number of carbonyl (C=O) groups excluding carboxylic acids is 4. The summed E-state index contributed by atoms with van der Waals surface area (Å²) < 4.78 is 9.83. The van der Waals surface area contributed by atoms with Crippen LogP contribution in [0.4, 0.5) is 11.4 Å². The molecule has 0 aromatic heterocycles. The highest BCUT2D eigenvalue weighted by atomic mass is 35.5. The standard InChI is InChI=1S/C23H21ClN2O6/c1-3-4-12-32-23(30)14-8-10-17(11-9-14)26-20(27)18(24)19(21(26)28)25-16-7-5-6-15(13-16)22(29)31-2/h5-11,13,25H,3-4,12H2,1-2H3. The minimum Gasteiger partial charge on any atom is -0.465 e. The molecule has 0 fully saturated rings. The lowest BCUT2D eigenvalue weighted by Crippen LogP contribution is -2.32. The minimum absolute atomic E-state index is 0.123. The third-order valence-corrected chi connectivity index (χ3v) is 5.02. The van der Waals surface area contributed by atoms with Gasteiger partial charge in [0, 0.05) is 5.69 Å². The van der Waals surface area contributed by atoms with Crippen LogP contribution >= 0.6 is 11.6 Å². The second-order valence-electron chi connectivity index (χ2n) is 6.87. The molecule has 8 nitrogen and oxygen atoms in total. The lowest BCUT2D eigenvalue weighted by Gasteiger charge is -2.15. The van der Waals surface area contributed by atoms with Crippen molar-refractivity contribution >= 4 is 46.7 Å². The van der Waals surface area contributed by atoms with Crippen LogP contribution in [0.15, 0.2) is 59.3 Å². The SMILES string of the molecule is CCCCOC(=O)c1ccc(N2C(=O)C(Cl)=C(Nc3cccc(C(=O)OC)c3)C2=O)cc1. The molecule has 2 aromatic rings. The maximum atomic E-state index is 12.9. The number of imide groups is 1. The van der Waals surface area contributed by atoms with E-state index in [1.54, 1.807) is 18.2 Å². The molecule has 9 heteroatoms. The number of esters is 2. The molecule has 2 aromatic carbocycles. The molecule has 1 aliphatic heterocycles. The van der Waals surface area contributed by atoms with Crippen molar-refractivity contribution in [2.75, 3.05) is 23.9 Å². The number of halogens is 1. The van der Waals surface area contributed by atoms with Gasteiger partial charge in [0.1, 0.15) is 10.7 Å². The number of rotatable bonds is 8. The van der Waals surface area contributed by atoms with Crippen molar-refractivity contribution in [1.82, 2.24) is 0 Å². The number of methoxy groups -OCH3 is 1. The molecule has 1 aliphatic rings. The molecule has 32 heavy (non-hydrogen) atoms. The summed E-state index contributed by atoms with van der Waals surface area (Å²) in [6, 6.07) is 12.1. The molecule has 0 unspecified atom stereocenters. The first-order chi connectivity index (χ1) is 15.4. The van der Waals surface area contributed by atoms with Crippen molar-refractivity contribution in [3.8, 4) is 0 Å². The van der Waals surface area contributed by atoms with Crippen LogP contribution in [-0.2, 0) is 19.1 Å². The van der Waals surface area contributed by atoms with E-state index >= 15 is 0 Å². The summed E-state index contributed by atoms with van der Waals surface area (Å²) in [5.41, 5.74) is 1.09. The smallest absolute Gasteiger partial charge is 0.338 e. The molecule has 0 bridgehead atoms. The average Bonchev–Trinajstić information content (AvgIpc) is 3.02. The lowest BCUT2D eigenvalue weighted by molar-refractivity contribution is -0.120. The lowest BCUT2D eigenvalue weighted by atomic mass is 10.2. The number of benzene rings is 2. The van der Waals surface area contributed by atoms with Crippen LogP contribution in [0.2, 0.25) is 0 Å². The fourth-order valence-electron chi connectivity index (χ4n) is 2.97. The second kappa shape index (κ2) is 10.1. The van der Waals surface area contributed by atoms with Crippen LogP contribution in [0.1, 0.15) is 40.5 Å². The molecule has 0 spiro atoms. The van der Waals surface area contributed by atoms with E-state index in [0.717, 1.165) is 17.7 Å². The van der Waals surface area contributed by atoms with Gasteiger partial charge in [0.15, 0.2) is 0 Å². The predicted molar refractivity (Wildman–Crippen MR) is 118 cm³/mol. The highest BCUT2D eigenvalue weighted by molar-refractivity contribution is 6.53. The van der Waals surface area contributed by atoms with Gasteiger partial charge in [-0.2, -0.15) is 0 Å². The highest BCUT2D eigenvalue weighted by Crippen LogP contribution is 2.30. The van der Waals surface area contributed by atoms with Crippen LogP contribution in [0.5, 0.6) is 0 Å². The summed E-state index contributed by atoms with van der Waals surface area (Å²) >= 11 is 6.14. The summed E-state index contributed by atoms with van der Waals surface area (Å²) in [6.45, 7) is 2.32. The summed E-state index contributed by atoms with van der Waals surface area (Å²) in [5.74, 6) is -2.39. The Labute approximate surface area is 189 Å². The fraction of sp³-hybridized carbons (Fsp3) is 0.217. The zero-order valence-corrected chi connectivity index (χ0v) is 18.3. The van der Waals surface area contributed by atoms with E-state index in [1.165, 1.54) is 37.4 Å². The van der Waals surface area contributed by atoms with Gasteiger partial charge in [-0.05, 0) is 48.9 Å². The van der Waals surface area contributed by atoms with Crippen molar-refractivity contribution in [2.24, 2.45) is 0 Å². The molecular formula is C23H21ClN2O6. The second-order valence-corrected chi connectivity index (χ2v) is 7.25. The zero-order valence-electron chi connectivity index (χ0n) is 17.5. The first kappa shape index (κ1) is 23.0. The van der Waals surface area contributed by atoms with Crippen molar-refractivity contribution in [3.05, 3.63) is 70.4 Å². The summed E-state index contributed by atoms with van der Waals surface area (Å²) in [7, 11) is 1.26. The van der Waals surface area contributed by atoms with E-state index in [4.69, 9.17) is 16.3 Å². The van der Waals surface area contributed by atoms with Crippen LogP contribution in [0, 0.1) is 0 Å². The van der Waals surface area contributed by atoms with Gasteiger partial charge in [-0.1, -0.05) is 31.0 Å². The van der Waals surface area contributed by atoms with E-state index in [9.17, 15) is 19.2 Å². The van der Waals surface area contributed by atoms with E-state index in [2.05, 4.69) is 10.1 Å². The molecular weight excluding hydrogens is 436 g/mol. The Bertz CT molecular complexity index is 1090. The van der Waals surface area contributed by atoms with Crippen LogP contribution in [0.3, 0.4) is 0 Å². The number of nitrogens with one attached hydrogen (secondary N) is 1. The maximum Gasteiger partial charge on any atom is 0.338 e. The molecule has 166 valence electrons. The topological polar surface area (TPSA) is 102 Å². The first-order valence-electron chi connectivity index (χ1n) is 9.88. The Kier molecular flexibility index (Phi) is 7.27. The van der Waals surface area contributed by atoms with Gasteiger partial charge in [0.2, 0.25) is 0 Å². The van der Waals surface area contributed by atoms with E-state index in [-0.39, 0.29) is 22.0 Å². The van der Waals surface area contributed by atoms with Crippen molar-refractivity contribution in [2.45, 2.75) is 19.8 Å². The number of carbonyl (C=O) groups is 4. The number of anilines is 2. The monoisotopic (exact) mass is 456 g/mol. The largest absolute Gasteiger partial charge is 0.465 e. The minimum atomic E-state index is -0.707. The average molecular weight is 457 g/mol. The Morgan fingerprint density at radius 2 is 1.72 bits per heavy atom. The molecule has 1 N–H and O–H groups in total. The van der Waals surface area contributed by atoms with E-state index < -0.39 is 23.8 Å². The van der Waals surface area contributed by atoms with Crippen molar-refractivity contribution < 1.29 is 28.7 Å². The predicted octanol–water partition coefficient (Wildman–Crippen LogP) is 3.87. The normalized spacial score (nSPS) is 13.4.